The number of methoxy groups -OCH3 is 1. The van der Waals surface area contributed by atoms with Crippen LogP contribution >= 0.6 is 11.8 Å². The predicted octanol–water partition coefficient (Wildman–Crippen LogP) is 3.08. The van der Waals surface area contributed by atoms with Gasteiger partial charge in [0.1, 0.15) is 16.4 Å². The third-order valence-corrected chi connectivity index (χ3v) is 3.50. The van der Waals surface area contributed by atoms with Crippen molar-refractivity contribution >= 4 is 17.6 Å². The predicted molar refractivity (Wildman–Crippen MR) is 80.6 cm³/mol. The van der Waals surface area contributed by atoms with Crippen LogP contribution in [-0.4, -0.2) is 28.6 Å². The van der Waals surface area contributed by atoms with Crippen LogP contribution in [0.5, 0.6) is 5.75 Å². The zero-order chi connectivity index (χ0) is 14.5. The number of rotatable bonds is 5. The molecule has 6 heteroatoms. The number of ether oxygens (including phenoxy) is 1. The molecular weight excluding hydrogens is 272 g/mol. The van der Waals surface area contributed by atoms with Crippen LogP contribution in [0.3, 0.4) is 0 Å². The Hall–Kier alpha value is -1.82. The van der Waals surface area contributed by atoms with E-state index in [-0.39, 0.29) is 0 Å². The number of aryl methyl sites for hydroxylation is 2. The van der Waals surface area contributed by atoms with Crippen molar-refractivity contribution in [3.8, 4) is 5.75 Å². The van der Waals surface area contributed by atoms with E-state index in [1.807, 2.05) is 26.0 Å². The zero-order valence-electron chi connectivity index (χ0n) is 12.1. The summed E-state index contributed by atoms with van der Waals surface area (Å²) in [6, 6.07) is 4.08. The molecule has 0 aromatic carbocycles. The van der Waals surface area contributed by atoms with Crippen molar-refractivity contribution in [1.82, 2.24) is 15.0 Å². The standard InChI is InChI=1S/C14H18N4OS/c1-5-15-13-12(19-4)14(17-8-16-13)20-11-7-9(2)6-10(3)18-11/h6-8H,5H2,1-4H3,(H,15,16,17). The second kappa shape index (κ2) is 6.56. The van der Waals surface area contributed by atoms with Gasteiger partial charge in [-0.1, -0.05) is 0 Å². The van der Waals surface area contributed by atoms with Crippen LogP contribution in [-0.2, 0) is 0 Å². The average molecular weight is 290 g/mol. The molecule has 0 fully saturated rings. The molecule has 2 heterocycles. The van der Waals surface area contributed by atoms with Gasteiger partial charge in [-0.3, -0.25) is 0 Å². The molecule has 2 rings (SSSR count). The highest BCUT2D eigenvalue weighted by Gasteiger charge is 2.13. The minimum atomic E-state index is 0.653. The highest BCUT2D eigenvalue weighted by atomic mass is 32.2. The minimum absolute atomic E-state index is 0.653. The highest BCUT2D eigenvalue weighted by molar-refractivity contribution is 7.99. The third-order valence-electron chi connectivity index (χ3n) is 2.59. The molecule has 2 aromatic rings. The Balaban J connectivity index is 2.35. The Morgan fingerprint density at radius 1 is 1.25 bits per heavy atom. The van der Waals surface area contributed by atoms with Gasteiger partial charge in [0.25, 0.3) is 0 Å². The minimum Gasteiger partial charge on any atom is -0.490 e. The van der Waals surface area contributed by atoms with Gasteiger partial charge in [0, 0.05) is 12.2 Å². The van der Waals surface area contributed by atoms with Gasteiger partial charge < -0.3 is 10.1 Å². The first-order chi connectivity index (χ1) is 9.63. The van der Waals surface area contributed by atoms with Gasteiger partial charge in [0.15, 0.2) is 11.6 Å². The van der Waals surface area contributed by atoms with E-state index in [0.717, 1.165) is 22.3 Å². The molecule has 5 nitrogen and oxygen atoms in total. The number of aromatic nitrogens is 3. The van der Waals surface area contributed by atoms with Crippen LogP contribution in [0.25, 0.3) is 0 Å². The first-order valence-corrected chi connectivity index (χ1v) is 7.21. The van der Waals surface area contributed by atoms with Crippen LogP contribution < -0.4 is 10.1 Å². The van der Waals surface area contributed by atoms with E-state index in [1.165, 1.54) is 23.7 Å². The van der Waals surface area contributed by atoms with Crippen molar-refractivity contribution in [2.24, 2.45) is 0 Å². The van der Waals surface area contributed by atoms with Gasteiger partial charge in [0.2, 0.25) is 0 Å². The summed E-state index contributed by atoms with van der Waals surface area (Å²) in [4.78, 5) is 13.0. The fraction of sp³-hybridized carbons (Fsp3) is 0.357. The number of anilines is 1. The summed E-state index contributed by atoms with van der Waals surface area (Å²) in [6.07, 6.45) is 1.53. The molecule has 0 aliphatic carbocycles. The summed E-state index contributed by atoms with van der Waals surface area (Å²) in [5.41, 5.74) is 2.17. The summed E-state index contributed by atoms with van der Waals surface area (Å²) >= 11 is 1.48. The fourth-order valence-electron chi connectivity index (χ4n) is 1.86. The lowest BCUT2D eigenvalue weighted by molar-refractivity contribution is 0.400. The Morgan fingerprint density at radius 3 is 2.70 bits per heavy atom. The maximum atomic E-state index is 5.43. The summed E-state index contributed by atoms with van der Waals surface area (Å²) in [5.74, 6) is 1.36. The molecule has 106 valence electrons. The smallest absolute Gasteiger partial charge is 0.194 e. The normalized spacial score (nSPS) is 10.4. The maximum Gasteiger partial charge on any atom is 0.194 e. The van der Waals surface area contributed by atoms with E-state index in [4.69, 9.17) is 4.74 Å². The van der Waals surface area contributed by atoms with Crippen molar-refractivity contribution in [2.75, 3.05) is 19.0 Å². The average Bonchev–Trinajstić information content (AvgIpc) is 2.38. The van der Waals surface area contributed by atoms with E-state index in [1.54, 1.807) is 7.11 Å². The molecule has 0 aliphatic rings. The molecule has 0 amide bonds. The van der Waals surface area contributed by atoms with E-state index < -0.39 is 0 Å². The second-order valence-corrected chi connectivity index (χ2v) is 5.33. The second-order valence-electron chi connectivity index (χ2n) is 4.32. The SMILES string of the molecule is CCNc1ncnc(Sc2cc(C)cc(C)n2)c1OC. The topological polar surface area (TPSA) is 59.9 Å². The first kappa shape index (κ1) is 14.6. The van der Waals surface area contributed by atoms with Gasteiger partial charge in [-0.05, 0) is 50.2 Å². The van der Waals surface area contributed by atoms with E-state index in [9.17, 15) is 0 Å². The van der Waals surface area contributed by atoms with Gasteiger partial charge in [0.05, 0.1) is 7.11 Å². The zero-order valence-corrected chi connectivity index (χ0v) is 12.9. The number of pyridine rings is 1. The quantitative estimate of drug-likeness (QED) is 0.854. The summed E-state index contributed by atoms with van der Waals surface area (Å²) in [5, 5.41) is 4.83. The molecule has 0 bridgehead atoms. The lowest BCUT2D eigenvalue weighted by Gasteiger charge is -2.11. The van der Waals surface area contributed by atoms with Crippen LogP contribution in [0, 0.1) is 13.8 Å². The van der Waals surface area contributed by atoms with Gasteiger partial charge in [-0.2, -0.15) is 0 Å². The van der Waals surface area contributed by atoms with Gasteiger partial charge >= 0.3 is 0 Å². The molecule has 0 unspecified atom stereocenters. The Labute approximate surface area is 123 Å². The number of hydrogen-bond donors (Lipinski definition) is 1. The van der Waals surface area contributed by atoms with E-state index in [2.05, 4.69) is 27.2 Å². The molecule has 1 N–H and O–H groups in total. The van der Waals surface area contributed by atoms with Crippen molar-refractivity contribution < 1.29 is 4.74 Å². The Kier molecular flexibility index (Phi) is 4.79. The molecule has 2 aromatic heterocycles. The Morgan fingerprint density at radius 2 is 2.05 bits per heavy atom. The lowest BCUT2D eigenvalue weighted by Crippen LogP contribution is -2.04. The number of nitrogens with one attached hydrogen (secondary N) is 1. The van der Waals surface area contributed by atoms with Crippen molar-refractivity contribution in [2.45, 2.75) is 30.8 Å². The molecule has 0 aliphatic heterocycles. The molecule has 0 saturated heterocycles. The van der Waals surface area contributed by atoms with Crippen LogP contribution in [0.1, 0.15) is 18.2 Å². The summed E-state index contributed by atoms with van der Waals surface area (Å²) in [6.45, 7) is 6.83. The molecule has 0 saturated carbocycles. The largest absolute Gasteiger partial charge is 0.490 e. The molecule has 20 heavy (non-hydrogen) atoms. The first-order valence-electron chi connectivity index (χ1n) is 6.40. The van der Waals surface area contributed by atoms with Crippen molar-refractivity contribution in [3.63, 3.8) is 0 Å². The van der Waals surface area contributed by atoms with E-state index >= 15 is 0 Å². The van der Waals surface area contributed by atoms with Crippen LogP contribution in [0.15, 0.2) is 28.5 Å². The summed E-state index contributed by atoms with van der Waals surface area (Å²) < 4.78 is 5.43. The van der Waals surface area contributed by atoms with Gasteiger partial charge in [-0.25, -0.2) is 15.0 Å². The van der Waals surface area contributed by atoms with Crippen molar-refractivity contribution in [3.05, 3.63) is 29.7 Å². The van der Waals surface area contributed by atoms with Crippen LogP contribution in [0.4, 0.5) is 5.82 Å². The maximum absolute atomic E-state index is 5.43. The lowest BCUT2D eigenvalue weighted by atomic mass is 10.3. The molecule has 0 radical (unpaired) electrons. The Bertz CT molecular complexity index is 583. The number of nitrogens with zero attached hydrogens (tertiary/aromatic N) is 3. The monoisotopic (exact) mass is 290 g/mol. The highest BCUT2D eigenvalue weighted by Crippen LogP contribution is 2.36. The summed E-state index contributed by atoms with van der Waals surface area (Å²) in [7, 11) is 1.62. The fourth-order valence-corrected chi connectivity index (χ4v) is 2.87. The van der Waals surface area contributed by atoms with E-state index in [0.29, 0.717) is 11.6 Å². The van der Waals surface area contributed by atoms with Gasteiger partial charge in [-0.15, -0.1) is 0 Å². The van der Waals surface area contributed by atoms with Crippen molar-refractivity contribution in [1.29, 1.82) is 0 Å². The van der Waals surface area contributed by atoms with Crippen LogP contribution in [0.2, 0.25) is 0 Å². The number of hydrogen-bond acceptors (Lipinski definition) is 6. The molecule has 0 spiro atoms. The molecule has 0 atom stereocenters. The third kappa shape index (κ3) is 3.39. The molecular formula is C14H18N4OS.